The number of aryl methyl sites for hydroxylation is 2. The molecule has 0 spiro atoms. The fraction of sp³-hybridized carbons (Fsp3) is 0.588. The van der Waals surface area contributed by atoms with Gasteiger partial charge in [-0.1, -0.05) is 6.42 Å². The molecule has 0 aromatic carbocycles. The molecule has 0 unspecified atom stereocenters. The zero-order valence-corrected chi connectivity index (χ0v) is 13.7. The van der Waals surface area contributed by atoms with E-state index in [0.717, 1.165) is 50.9 Å². The van der Waals surface area contributed by atoms with Crippen LogP contribution in [0.4, 0.5) is 0 Å². The van der Waals surface area contributed by atoms with Crippen molar-refractivity contribution in [2.24, 2.45) is 0 Å². The molecule has 4 rings (SSSR count). The van der Waals surface area contributed by atoms with E-state index in [1.807, 2.05) is 4.57 Å². The number of rotatable bonds is 4. The van der Waals surface area contributed by atoms with Gasteiger partial charge in [-0.15, -0.1) is 10.2 Å². The second-order valence-corrected chi connectivity index (χ2v) is 6.60. The van der Waals surface area contributed by atoms with Crippen molar-refractivity contribution in [1.82, 2.24) is 19.7 Å². The third-order valence-electron chi connectivity index (χ3n) is 4.75. The van der Waals surface area contributed by atoms with Crippen LogP contribution >= 0.6 is 0 Å². The van der Waals surface area contributed by atoms with Crippen LogP contribution in [0.25, 0.3) is 0 Å². The minimum Gasteiger partial charge on any atom is -0.437 e. The Balaban J connectivity index is 1.67. The molecular weight excluding hydrogens is 306 g/mol. The summed E-state index contributed by atoms with van der Waals surface area (Å²) in [5.74, 6) is 1.07. The van der Waals surface area contributed by atoms with Crippen molar-refractivity contribution in [3.8, 4) is 6.07 Å². The maximum Gasteiger partial charge on any atom is 0.224 e. The topological polar surface area (TPSA) is 97.6 Å². The maximum absolute atomic E-state index is 12.9. The molecule has 1 atom stereocenters. The third kappa shape index (κ3) is 2.52. The van der Waals surface area contributed by atoms with Gasteiger partial charge in [0.15, 0.2) is 23.4 Å². The van der Waals surface area contributed by atoms with Crippen LogP contribution in [-0.4, -0.2) is 25.5 Å². The first-order valence-electron chi connectivity index (χ1n) is 8.52. The Morgan fingerprint density at radius 1 is 1.33 bits per heavy atom. The third-order valence-corrected chi connectivity index (χ3v) is 4.75. The molecule has 0 N–H and O–H groups in total. The highest BCUT2D eigenvalue weighted by molar-refractivity contribution is 6.00. The van der Waals surface area contributed by atoms with Gasteiger partial charge in [0.2, 0.25) is 5.78 Å². The fourth-order valence-electron chi connectivity index (χ4n) is 3.24. The summed E-state index contributed by atoms with van der Waals surface area (Å²) >= 11 is 0. The number of carbonyl (C=O) groups excluding carboxylic acids is 1. The van der Waals surface area contributed by atoms with Gasteiger partial charge >= 0.3 is 0 Å². The molecule has 1 aliphatic heterocycles. The highest BCUT2D eigenvalue weighted by Crippen LogP contribution is 2.40. The maximum atomic E-state index is 12.9. The van der Waals surface area contributed by atoms with E-state index in [4.69, 9.17) is 4.42 Å². The number of ketones is 1. The minimum absolute atomic E-state index is 0.189. The smallest absolute Gasteiger partial charge is 0.224 e. The van der Waals surface area contributed by atoms with Crippen molar-refractivity contribution in [1.29, 1.82) is 5.26 Å². The summed E-state index contributed by atoms with van der Waals surface area (Å²) in [5.41, 5.74) is 0.553. The number of Topliss-reactive ketones (excluding diaryl/α,β-unsaturated/α-hetero) is 1. The highest BCUT2D eigenvalue weighted by Gasteiger charge is 2.35. The summed E-state index contributed by atoms with van der Waals surface area (Å²) in [6.45, 7) is 2.51. The first-order chi connectivity index (χ1) is 11.7. The molecule has 2 aliphatic rings. The number of hydrogen-bond acceptors (Lipinski definition) is 6. The summed E-state index contributed by atoms with van der Waals surface area (Å²) in [7, 11) is 0. The van der Waals surface area contributed by atoms with E-state index in [1.54, 1.807) is 6.92 Å². The van der Waals surface area contributed by atoms with Gasteiger partial charge in [-0.2, -0.15) is 5.26 Å². The van der Waals surface area contributed by atoms with Gasteiger partial charge in [0.1, 0.15) is 5.82 Å². The van der Waals surface area contributed by atoms with Crippen LogP contribution in [0.5, 0.6) is 0 Å². The number of nitrogens with zero attached hydrogens (tertiary/aromatic N) is 5. The minimum atomic E-state index is -0.997. The van der Waals surface area contributed by atoms with E-state index in [1.165, 1.54) is 0 Å². The van der Waals surface area contributed by atoms with Crippen LogP contribution in [0.2, 0.25) is 0 Å². The largest absolute Gasteiger partial charge is 0.437 e. The van der Waals surface area contributed by atoms with Crippen LogP contribution < -0.4 is 0 Å². The molecule has 124 valence electrons. The molecule has 3 heterocycles. The quantitative estimate of drug-likeness (QED) is 0.802. The lowest BCUT2D eigenvalue weighted by Crippen LogP contribution is -2.18. The van der Waals surface area contributed by atoms with Gasteiger partial charge in [-0.05, 0) is 32.6 Å². The van der Waals surface area contributed by atoms with Gasteiger partial charge in [0, 0.05) is 18.9 Å². The summed E-state index contributed by atoms with van der Waals surface area (Å²) in [6.07, 6.45) is 6.14. The van der Waals surface area contributed by atoms with E-state index in [0.29, 0.717) is 23.3 Å². The lowest BCUT2D eigenvalue weighted by molar-refractivity contribution is 0.0945. The molecule has 1 fully saturated rings. The molecule has 1 aliphatic carbocycles. The van der Waals surface area contributed by atoms with Crippen molar-refractivity contribution < 1.29 is 9.21 Å². The van der Waals surface area contributed by atoms with E-state index in [-0.39, 0.29) is 11.5 Å². The van der Waals surface area contributed by atoms with Crippen LogP contribution in [-0.2, 0) is 13.0 Å². The number of fused-ring (bicyclic) bond motifs is 1. The summed E-state index contributed by atoms with van der Waals surface area (Å²) < 4.78 is 7.62. The van der Waals surface area contributed by atoms with Crippen molar-refractivity contribution in [2.45, 2.75) is 63.8 Å². The first-order valence-corrected chi connectivity index (χ1v) is 8.52. The van der Waals surface area contributed by atoms with Crippen LogP contribution in [0.1, 0.15) is 77.7 Å². The molecule has 0 amide bonds. The van der Waals surface area contributed by atoms with E-state index < -0.39 is 5.92 Å². The summed E-state index contributed by atoms with van der Waals surface area (Å²) in [6, 6.07) is 2.09. The van der Waals surface area contributed by atoms with Crippen molar-refractivity contribution in [3.05, 3.63) is 29.0 Å². The van der Waals surface area contributed by atoms with Crippen LogP contribution in [0, 0.1) is 18.3 Å². The molecule has 2 aromatic heterocycles. The molecule has 1 saturated carbocycles. The van der Waals surface area contributed by atoms with Crippen LogP contribution in [0.3, 0.4) is 0 Å². The second kappa shape index (κ2) is 5.86. The monoisotopic (exact) mass is 325 g/mol. The van der Waals surface area contributed by atoms with E-state index >= 15 is 0 Å². The standard InChI is InChI=1S/C17H19N5O2/c1-10-15(24-17(19-10)11-6-7-11)14(23)12(9-18)16-21-20-13-5-3-2-4-8-22(13)16/h11-12H,2-8H2,1H3/t12-/m0/s1. The highest BCUT2D eigenvalue weighted by atomic mass is 16.4. The Morgan fingerprint density at radius 3 is 2.92 bits per heavy atom. The van der Waals surface area contributed by atoms with Gasteiger partial charge in [-0.3, -0.25) is 4.79 Å². The lowest BCUT2D eigenvalue weighted by Gasteiger charge is -2.10. The van der Waals surface area contributed by atoms with Gasteiger partial charge in [0.05, 0.1) is 11.8 Å². The SMILES string of the molecule is Cc1nc(C2CC2)oc1C(=O)[C@H](C#N)c1nnc2n1CCCCC2. The van der Waals surface area contributed by atoms with Crippen molar-refractivity contribution >= 4 is 5.78 Å². The van der Waals surface area contributed by atoms with Gasteiger partial charge in [-0.25, -0.2) is 4.98 Å². The second-order valence-electron chi connectivity index (χ2n) is 6.60. The molecule has 0 bridgehead atoms. The predicted octanol–water partition coefficient (Wildman–Crippen LogP) is 2.67. The Kier molecular flexibility index (Phi) is 3.68. The zero-order valence-electron chi connectivity index (χ0n) is 13.7. The average molecular weight is 325 g/mol. The first kappa shape index (κ1) is 15.1. The van der Waals surface area contributed by atoms with Gasteiger partial charge in [0.25, 0.3) is 0 Å². The summed E-state index contributed by atoms with van der Waals surface area (Å²) in [5, 5.41) is 17.9. The number of nitriles is 1. The molecule has 0 radical (unpaired) electrons. The van der Waals surface area contributed by atoms with E-state index in [9.17, 15) is 10.1 Å². The Bertz CT molecular complexity index is 825. The average Bonchev–Trinajstić information content (AvgIpc) is 3.31. The molecule has 24 heavy (non-hydrogen) atoms. The lowest BCUT2D eigenvalue weighted by atomic mass is 10.0. The zero-order chi connectivity index (χ0) is 16.7. The summed E-state index contributed by atoms with van der Waals surface area (Å²) in [4.78, 5) is 17.2. The molecule has 0 saturated heterocycles. The molecule has 2 aromatic rings. The number of aromatic nitrogens is 4. The number of carbonyl (C=O) groups is 1. The fourth-order valence-corrected chi connectivity index (χ4v) is 3.24. The van der Waals surface area contributed by atoms with Gasteiger partial charge < -0.3 is 8.98 Å². The molecule has 7 nitrogen and oxygen atoms in total. The Labute approximate surface area is 139 Å². The molecule has 7 heteroatoms. The normalized spacial score (nSPS) is 18.5. The Morgan fingerprint density at radius 2 is 2.17 bits per heavy atom. The van der Waals surface area contributed by atoms with Crippen molar-refractivity contribution in [3.63, 3.8) is 0 Å². The number of oxazole rings is 1. The Hall–Kier alpha value is -2.49. The predicted molar refractivity (Wildman–Crippen MR) is 83.5 cm³/mol. The molecular formula is C17H19N5O2. The van der Waals surface area contributed by atoms with Crippen molar-refractivity contribution in [2.75, 3.05) is 0 Å². The number of hydrogen-bond donors (Lipinski definition) is 0. The van der Waals surface area contributed by atoms with E-state index in [2.05, 4.69) is 21.3 Å². The van der Waals surface area contributed by atoms with Crippen LogP contribution in [0.15, 0.2) is 4.42 Å².